The summed E-state index contributed by atoms with van der Waals surface area (Å²) in [4.78, 5) is 19.1. The average molecular weight is 330 g/mol. The number of ether oxygens (including phenoxy) is 1. The first-order valence-corrected chi connectivity index (χ1v) is 8.92. The van der Waals surface area contributed by atoms with Crippen LogP contribution in [0.25, 0.3) is 11.3 Å². The number of nitrogens with zero attached hydrogens (tertiary/aromatic N) is 2. The first-order valence-electron chi connectivity index (χ1n) is 8.04. The molecular formula is C18H22N2O2S. The summed E-state index contributed by atoms with van der Waals surface area (Å²) in [5.41, 5.74) is 2.83. The fourth-order valence-corrected chi connectivity index (χ4v) is 3.41. The van der Waals surface area contributed by atoms with Gasteiger partial charge in [0.1, 0.15) is 5.75 Å². The van der Waals surface area contributed by atoms with Gasteiger partial charge in [0.05, 0.1) is 16.4 Å². The zero-order chi connectivity index (χ0) is 16.6. The van der Waals surface area contributed by atoms with E-state index < -0.39 is 0 Å². The molecule has 1 amide bonds. The first-order chi connectivity index (χ1) is 11.0. The minimum absolute atomic E-state index is 0.0558. The summed E-state index contributed by atoms with van der Waals surface area (Å²) in [6.07, 6.45) is 0.300. The van der Waals surface area contributed by atoms with E-state index in [2.05, 4.69) is 18.8 Å². The molecule has 0 aliphatic carbocycles. The number of aromatic nitrogens is 1. The van der Waals surface area contributed by atoms with Crippen molar-refractivity contribution in [2.24, 2.45) is 5.92 Å². The van der Waals surface area contributed by atoms with Crippen LogP contribution < -0.4 is 9.64 Å². The van der Waals surface area contributed by atoms with Crippen LogP contribution >= 0.6 is 11.3 Å². The lowest BCUT2D eigenvalue weighted by Gasteiger charge is -2.35. The Kier molecular flexibility index (Phi) is 4.39. The summed E-state index contributed by atoms with van der Waals surface area (Å²) in [5, 5.41) is 3.08. The van der Waals surface area contributed by atoms with Gasteiger partial charge < -0.3 is 9.64 Å². The van der Waals surface area contributed by atoms with Gasteiger partial charge in [-0.15, -0.1) is 11.3 Å². The number of carbonyl (C=O) groups excluding carboxylic acids is 1. The maximum absolute atomic E-state index is 12.7. The molecule has 0 bridgehead atoms. The minimum Gasteiger partial charge on any atom is -0.478 e. The zero-order valence-electron chi connectivity index (χ0n) is 14.0. The van der Waals surface area contributed by atoms with Crippen LogP contribution in [-0.2, 0) is 4.79 Å². The Bertz CT molecular complexity index is 724. The molecule has 2 heterocycles. The number of amides is 1. The molecule has 0 N–H and O–H groups in total. The number of rotatable bonds is 4. The highest BCUT2D eigenvalue weighted by Crippen LogP contribution is 2.38. The van der Waals surface area contributed by atoms with Crippen molar-refractivity contribution in [3.05, 3.63) is 28.6 Å². The van der Waals surface area contributed by atoms with Gasteiger partial charge in [-0.1, -0.05) is 20.8 Å². The third kappa shape index (κ3) is 3.11. The molecule has 5 heteroatoms. The molecule has 4 nitrogen and oxygen atoms in total. The Labute approximate surface area is 141 Å². The van der Waals surface area contributed by atoms with Gasteiger partial charge in [-0.2, -0.15) is 0 Å². The van der Waals surface area contributed by atoms with Gasteiger partial charge in [-0.05, 0) is 37.5 Å². The minimum atomic E-state index is -0.381. The molecule has 1 aromatic carbocycles. The standard InChI is InChI=1S/C18H22N2O2S/c1-5-16-18(21)20(9-11(2)3)15-8-13(6-7-17(15)22-16)14-10-23-12(4)19-14/h6-8,10-11,16H,5,9H2,1-4H3. The zero-order valence-corrected chi connectivity index (χ0v) is 14.8. The van der Waals surface area contributed by atoms with Gasteiger partial charge in [0, 0.05) is 17.5 Å². The van der Waals surface area contributed by atoms with Crippen molar-refractivity contribution in [2.75, 3.05) is 11.4 Å². The van der Waals surface area contributed by atoms with E-state index in [0.29, 0.717) is 18.9 Å². The lowest BCUT2D eigenvalue weighted by Crippen LogP contribution is -2.47. The third-order valence-electron chi connectivity index (χ3n) is 3.89. The lowest BCUT2D eigenvalue weighted by atomic mass is 10.1. The van der Waals surface area contributed by atoms with Crippen LogP contribution in [0.3, 0.4) is 0 Å². The van der Waals surface area contributed by atoms with Crippen molar-refractivity contribution in [3.63, 3.8) is 0 Å². The molecule has 1 aliphatic heterocycles. The van der Waals surface area contributed by atoms with Crippen LogP contribution in [0, 0.1) is 12.8 Å². The summed E-state index contributed by atoms with van der Waals surface area (Å²) in [6.45, 7) is 8.92. The molecule has 2 aromatic rings. The molecule has 122 valence electrons. The monoisotopic (exact) mass is 330 g/mol. The Morgan fingerprint density at radius 1 is 1.39 bits per heavy atom. The predicted octanol–water partition coefficient (Wildman–Crippen LogP) is 4.28. The number of aryl methyl sites for hydroxylation is 1. The van der Waals surface area contributed by atoms with Gasteiger partial charge in [0.15, 0.2) is 6.10 Å². The lowest BCUT2D eigenvalue weighted by molar-refractivity contribution is -0.126. The molecule has 3 rings (SSSR count). The molecule has 23 heavy (non-hydrogen) atoms. The van der Waals surface area contributed by atoms with Crippen LogP contribution in [0.2, 0.25) is 0 Å². The van der Waals surface area contributed by atoms with E-state index in [4.69, 9.17) is 4.74 Å². The number of anilines is 1. The number of hydrogen-bond acceptors (Lipinski definition) is 4. The van der Waals surface area contributed by atoms with E-state index in [1.807, 2.05) is 42.3 Å². The number of hydrogen-bond donors (Lipinski definition) is 0. The van der Waals surface area contributed by atoms with Crippen molar-refractivity contribution < 1.29 is 9.53 Å². The molecule has 1 atom stereocenters. The topological polar surface area (TPSA) is 42.4 Å². The maximum atomic E-state index is 12.7. The van der Waals surface area contributed by atoms with Gasteiger partial charge in [0.25, 0.3) is 5.91 Å². The number of thiazole rings is 1. The Hall–Kier alpha value is -1.88. The molecule has 0 saturated heterocycles. The van der Waals surface area contributed by atoms with Gasteiger partial charge in [-0.3, -0.25) is 4.79 Å². The number of fused-ring (bicyclic) bond motifs is 1. The quantitative estimate of drug-likeness (QED) is 0.840. The Morgan fingerprint density at radius 2 is 2.17 bits per heavy atom. The van der Waals surface area contributed by atoms with E-state index in [9.17, 15) is 4.79 Å². The molecule has 0 spiro atoms. The molecule has 0 fully saturated rings. The Morgan fingerprint density at radius 3 is 2.78 bits per heavy atom. The van der Waals surface area contributed by atoms with Crippen LogP contribution in [0.4, 0.5) is 5.69 Å². The highest BCUT2D eigenvalue weighted by molar-refractivity contribution is 7.09. The highest BCUT2D eigenvalue weighted by atomic mass is 32.1. The SMILES string of the molecule is CCC1Oc2ccc(-c3csc(C)n3)cc2N(CC(C)C)C1=O. The van der Waals surface area contributed by atoms with Crippen molar-refractivity contribution >= 4 is 22.9 Å². The van der Waals surface area contributed by atoms with E-state index in [0.717, 1.165) is 27.7 Å². The van der Waals surface area contributed by atoms with Crippen molar-refractivity contribution in [1.82, 2.24) is 4.98 Å². The van der Waals surface area contributed by atoms with Crippen molar-refractivity contribution in [3.8, 4) is 17.0 Å². The summed E-state index contributed by atoms with van der Waals surface area (Å²) in [6, 6.07) is 6.00. The van der Waals surface area contributed by atoms with Crippen LogP contribution in [-0.4, -0.2) is 23.5 Å². The van der Waals surface area contributed by atoms with Crippen molar-refractivity contribution in [2.45, 2.75) is 40.2 Å². The molecular weight excluding hydrogens is 308 g/mol. The van der Waals surface area contributed by atoms with Crippen molar-refractivity contribution in [1.29, 1.82) is 0 Å². The second-order valence-corrected chi connectivity index (χ2v) is 7.35. The molecule has 0 saturated carbocycles. The molecule has 0 radical (unpaired) electrons. The largest absolute Gasteiger partial charge is 0.478 e. The molecule has 1 aromatic heterocycles. The number of carbonyl (C=O) groups is 1. The number of benzene rings is 1. The van der Waals surface area contributed by atoms with Gasteiger partial charge >= 0.3 is 0 Å². The van der Waals surface area contributed by atoms with Gasteiger partial charge in [-0.25, -0.2) is 4.98 Å². The van der Waals surface area contributed by atoms with E-state index >= 15 is 0 Å². The highest BCUT2D eigenvalue weighted by Gasteiger charge is 2.33. The third-order valence-corrected chi connectivity index (χ3v) is 4.67. The normalized spacial score (nSPS) is 17.3. The van der Waals surface area contributed by atoms with E-state index in [1.165, 1.54) is 0 Å². The summed E-state index contributed by atoms with van der Waals surface area (Å²) < 4.78 is 5.89. The fraction of sp³-hybridized carbons (Fsp3) is 0.444. The first kappa shape index (κ1) is 16.0. The summed E-state index contributed by atoms with van der Waals surface area (Å²) >= 11 is 1.63. The summed E-state index contributed by atoms with van der Waals surface area (Å²) in [7, 11) is 0. The molecule has 1 aliphatic rings. The van der Waals surface area contributed by atoms with Gasteiger partial charge in [0.2, 0.25) is 0 Å². The predicted molar refractivity (Wildman–Crippen MR) is 94.2 cm³/mol. The van der Waals surface area contributed by atoms with Crippen LogP contribution in [0.1, 0.15) is 32.2 Å². The van der Waals surface area contributed by atoms with Crippen LogP contribution in [0.15, 0.2) is 23.6 Å². The second-order valence-electron chi connectivity index (χ2n) is 6.29. The summed E-state index contributed by atoms with van der Waals surface area (Å²) in [5.74, 6) is 1.24. The van der Waals surface area contributed by atoms with E-state index in [1.54, 1.807) is 11.3 Å². The smallest absolute Gasteiger partial charge is 0.268 e. The average Bonchev–Trinajstić information content (AvgIpc) is 2.95. The van der Waals surface area contributed by atoms with E-state index in [-0.39, 0.29) is 12.0 Å². The maximum Gasteiger partial charge on any atom is 0.268 e. The second kappa shape index (κ2) is 6.32. The fourth-order valence-electron chi connectivity index (χ4n) is 2.79. The van der Waals surface area contributed by atoms with Crippen LogP contribution in [0.5, 0.6) is 5.75 Å². The Balaban J connectivity index is 2.04. The molecule has 1 unspecified atom stereocenters.